The lowest BCUT2D eigenvalue weighted by Gasteiger charge is -2.35. The molecule has 0 saturated carbocycles. The highest BCUT2D eigenvalue weighted by atomic mass is 35.5. The number of carboxylic acid groups (broad SMARTS) is 1. The summed E-state index contributed by atoms with van der Waals surface area (Å²) in [5, 5.41) is 9.12. The first-order chi connectivity index (χ1) is 9.68. The highest BCUT2D eigenvalue weighted by Crippen LogP contribution is 2.33. The molecule has 0 aliphatic carbocycles. The molecule has 0 atom stereocenters. The third kappa shape index (κ3) is 3.02. The highest BCUT2D eigenvalue weighted by molar-refractivity contribution is 7.89. The van der Waals surface area contributed by atoms with Crippen LogP contribution < -0.4 is 5.73 Å². The van der Waals surface area contributed by atoms with E-state index in [0.717, 1.165) is 4.31 Å². The molecule has 1 fully saturated rings. The molecular weight excluding hydrogens is 339 g/mol. The van der Waals surface area contributed by atoms with Gasteiger partial charge in [0.2, 0.25) is 10.0 Å². The smallest absolute Gasteiger partial charge is 0.323 e. The molecule has 0 radical (unpaired) electrons. The van der Waals surface area contributed by atoms with Crippen molar-refractivity contribution in [3.05, 3.63) is 28.2 Å². The maximum absolute atomic E-state index is 12.6. The summed E-state index contributed by atoms with van der Waals surface area (Å²) in [5.74, 6) is -1.13. The van der Waals surface area contributed by atoms with E-state index in [4.69, 9.17) is 34.0 Å². The van der Waals surface area contributed by atoms with Crippen molar-refractivity contribution in [2.75, 3.05) is 13.1 Å². The van der Waals surface area contributed by atoms with Crippen molar-refractivity contribution in [3.63, 3.8) is 0 Å². The first kappa shape index (κ1) is 16.5. The average Bonchev–Trinajstić information content (AvgIpc) is 2.38. The van der Waals surface area contributed by atoms with Crippen LogP contribution in [-0.2, 0) is 14.8 Å². The maximum Gasteiger partial charge on any atom is 0.323 e. The first-order valence-electron chi connectivity index (χ1n) is 6.15. The first-order valence-corrected chi connectivity index (χ1v) is 8.34. The predicted octanol–water partition coefficient (Wildman–Crippen LogP) is 1.56. The van der Waals surface area contributed by atoms with E-state index in [1.165, 1.54) is 12.1 Å². The second kappa shape index (κ2) is 5.73. The number of nitrogens with zero attached hydrogens (tertiary/aromatic N) is 1. The van der Waals surface area contributed by atoms with Gasteiger partial charge in [0, 0.05) is 13.1 Å². The molecule has 9 heteroatoms. The van der Waals surface area contributed by atoms with Gasteiger partial charge in [-0.05, 0) is 25.0 Å². The second-order valence-electron chi connectivity index (χ2n) is 4.92. The lowest BCUT2D eigenvalue weighted by Crippen LogP contribution is -2.56. The van der Waals surface area contributed by atoms with Gasteiger partial charge in [-0.3, -0.25) is 4.79 Å². The van der Waals surface area contributed by atoms with Gasteiger partial charge in [-0.1, -0.05) is 29.3 Å². The van der Waals surface area contributed by atoms with E-state index in [0.29, 0.717) is 0 Å². The summed E-state index contributed by atoms with van der Waals surface area (Å²) >= 11 is 11.9. The molecule has 1 aliphatic heterocycles. The normalized spacial score (nSPS) is 19.4. The Labute approximate surface area is 132 Å². The number of piperidine rings is 1. The number of nitrogens with two attached hydrogens (primary N) is 1. The standard InChI is InChI=1S/C12H14Cl2N2O4S/c13-8-2-1-3-9(14)10(8)21(19,20)16-6-4-12(15,5-7-16)11(17)18/h1-3H,4-7,15H2,(H,17,18). The van der Waals surface area contributed by atoms with Crippen LogP contribution in [0, 0.1) is 0 Å². The molecule has 3 N–H and O–H groups in total. The molecule has 0 unspecified atom stereocenters. The average molecular weight is 353 g/mol. The molecular formula is C12H14Cl2N2O4S. The van der Waals surface area contributed by atoms with Crippen molar-refractivity contribution in [2.45, 2.75) is 23.3 Å². The van der Waals surface area contributed by atoms with E-state index in [9.17, 15) is 13.2 Å². The van der Waals surface area contributed by atoms with E-state index < -0.39 is 21.5 Å². The fraction of sp³-hybridized carbons (Fsp3) is 0.417. The third-order valence-corrected chi connectivity index (χ3v) is 6.41. The van der Waals surface area contributed by atoms with Crippen LogP contribution in [0.5, 0.6) is 0 Å². The summed E-state index contributed by atoms with van der Waals surface area (Å²) < 4.78 is 26.3. The molecule has 1 aromatic carbocycles. The van der Waals surface area contributed by atoms with Gasteiger partial charge in [0.15, 0.2) is 0 Å². The zero-order chi connectivity index (χ0) is 15.8. The topological polar surface area (TPSA) is 101 Å². The molecule has 116 valence electrons. The molecule has 0 amide bonds. The molecule has 0 aromatic heterocycles. The van der Waals surface area contributed by atoms with Gasteiger partial charge in [0.1, 0.15) is 10.4 Å². The Morgan fingerprint density at radius 3 is 2.14 bits per heavy atom. The van der Waals surface area contributed by atoms with Crippen LogP contribution in [0.4, 0.5) is 0 Å². The van der Waals surface area contributed by atoms with Crippen LogP contribution >= 0.6 is 23.2 Å². The summed E-state index contributed by atoms with van der Waals surface area (Å²) in [6.07, 6.45) is 0.0628. The lowest BCUT2D eigenvalue weighted by molar-refractivity contribution is -0.144. The zero-order valence-electron chi connectivity index (χ0n) is 10.9. The van der Waals surface area contributed by atoms with Crippen molar-refractivity contribution in [1.29, 1.82) is 0 Å². The van der Waals surface area contributed by atoms with E-state index in [1.54, 1.807) is 6.07 Å². The van der Waals surface area contributed by atoms with Crippen molar-refractivity contribution in [2.24, 2.45) is 5.73 Å². The monoisotopic (exact) mass is 352 g/mol. The molecule has 0 spiro atoms. The summed E-state index contributed by atoms with van der Waals surface area (Å²) in [6.45, 7) is 0.0133. The van der Waals surface area contributed by atoms with Crippen LogP contribution in [-0.4, -0.2) is 42.4 Å². The molecule has 1 saturated heterocycles. The number of hydrogen-bond acceptors (Lipinski definition) is 4. The summed E-state index contributed by atoms with van der Waals surface area (Å²) in [5.41, 5.74) is 4.34. The minimum absolute atomic E-state index is 0.00663. The van der Waals surface area contributed by atoms with Crippen molar-refractivity contribution < 1.29 is 18.3 Å². The SMILES string of the molecule is NC1(C(=O)O)CCN(S(=O)(=O)c2c(Cl)cccc2Cl)CC1. The number of aliphatic carboxylic acids is 1. The third-order valence-electron chi connectivity index (χ3n) is 3.56. The van der Waals surface area contributed by atoms with Gasteiger partial charge in [-0.2, -0.15) is 4.31 Å². The van der Waals surface area contributed by atoms with Crippen LogP contribution in [0.2, 0.25) is 10.0 Å². The summed E-state index contributed by atoms with van der Waals surface area (Å²) in [6, 6.07) is 4.43. The second-order valence-corrected chi connectivity index (χ2v) is 7.61. The van der Waals surface area contributed by atoms with Crippen molar-refractivity contribution in [1.82, 2.24) is 4.31 Å². The lowest BCUT2D eigenvalue weighted by atomic mass is 9.90. The molecule has 1 aromatic rings. The quantitative estimate of drug-likeness (QED) is 0.859. The van der Waals surface area contributed by atoms with Gasteiger partial charge in [0.05, 0.1) is 10.0 Å². The van der Waals surface area contributed by atoms with Gasteiger partial charge in [-0.25, -0.2) is 8.42 Å². The number of hydrogen-bond donors (Lipinski definition) is 2. The largest absolute Gasteiger partial charge is 0.480 e. The van der Waals surface area contributed by atoms with E-state index >= 15 is 0 Å². The number of carbonyl (C=O) groups is 1. The van der Waals surface area contributed by atoms with Gasteiger partial charge < -0.3 is 10.8 Å². The predicted molar refractivity (Wildman–Crippen MR) is 79.0 cm³/mol. The number of benzene rings is 1. The van der Waals surface area contributed by atoms with E-state index in [-0.39, 0.29) is 40.9 Å². The minimum atomic E-state index is -3.88. The van der Waals surface area contributed by atoms with E-state index in [1.807, 2.05) is 0 Å². The Balaban J connectivity index is 2.29. The van der Waals surface area contributed by atoms with Gasteiger partial charge in [-0.15, -0.1) is 0 Å². The molecule has 21 heavy (non-hydrogen) atoms. The van der Waals surface area contributed by atoms with Gasteiger partial charge >= 0.3 is 5.97 Å². The van der Waals surface area contributed by atoms with Crippen molar-refractivity contribution in [3.8, 4) is 0 Å². The molecule has 1 heterocycles. The Hall–Kier alpha value is -0.860. The Morgan fingerprint density at radius 2 is 1.71 bits per heavy atom. The number of carboxylic acids is 1. The fourth-order valence-electron chi connectivity index (χ4n) is 2.20. The van der Waals surface area contributed by atoms with Crippen LogP contribution in [0.3, 0.4) is 0 Å². The molecule has 1 aliphatic rings. The molecule has 6 nitrogen and oxygen atoms in total. The van der Waals surface area contributed by atoms with Crippen molar-refractivity contribution >= 4 is 39.2 Å². The van der Waals surface area contributed by atoms with Crippen LogP contribution in [0.1, 0.15) is 12.8 Å². The Bertz CT molecular complexity index is 650. The minimum Gasteiger partial charge on any atom is -0.480 e. The molecule has 2 rings (SSSR count). The fourth-order valence-corrected chi connectivity index (χ4v) is 4.73. The van der Waals surface area contributed by atoms with Gasteiger partial charge in [0.25, 0.3) is 0 Å². The Kier molecular flexibility index (Phi) is 4.51. The number of rotatable bonds is 3. The maximum atomic E-state index is 12.6. The highest BCUT2D eigenvalue weighted by Gasteiger charge is 2.41. The van der Waals surface area contributed by atoms with Crippen LogP contribution in [0.25, 0.3) is 0 Å². The number of sulfonamides is 1. The van der Waals surface area contributed by atoms with Crippen LogP contribution in [0.15, 0.2) is 23.1 Å². The zero-order valence-corrected chi connectivity index (χ0v) is 13.2. The number of halogens is 2. The Morgan fingerprint density at radius 1 is 1.24 bits per heavy atom. The summed E-state index contributed by atoms with van der Waals surface area (Å²) in [7, 11) is -3.88. The molecule has 0 bridgehead atoms. The summed E-state index contributed by atoms with van der Waals surface area (Å²) in [4.78, 5) is 10.9. The van der Waals surface area contributed by atoms with E-state index in [2.05, 4.69) is 0 Å².